The fourth-order valence-electron chi connectivity index (χ4n) is 7.50. The summed E-state index contributed by atoms with van der Waals surface area (Å²) in [4.78, 5) is 2.31. The number of fused-ring (bicyclic) bond motifs is 6. The first-order chi connectivity index (χ1) is 25.3. The number of nitrogens with zero attached hydrogens (tertiary/aromatic N) is 1. The molecule has 0 aliphatic carbocycles. The summed E-state index contributed by atoms with van der Waals surface area (Å²) in [6.07, 6.45) is 0. The molecule has 10 rings (SSSR count). The molecule has 0 aliphatic heterocycles. The van der Waals surface area contributed by atoms with E-state index in [1.54, 1.807) is 0 Å². The Morgan fingerprint density at radius 1 is 0.314 bits per heavy atom. The van der Waals surface area contributed by atoms with E-state index in [0.29, 0.717) is 0 Å². The number of anilines is 3. The minimum Gasteiger partial charge on any atom is -0.456 e. The van der Waals surface area contributed by atoms with E-state index in [1.165, 1.54) is 16.7 Å². The highest BCUT2D eigenvalue weighted by Gasteiger charge is 2.22. The van der Waals surface area contributed by atoms with Crippen LogP contribution >= 0.6 is 0 Å². The molecule has 2 heterocycles. The summed E-state index contributed by atoms with van der Waals surface area (Å²) in [7, 11) is 0. The Kier molecular flexibility index (Phi) is 6.81. The van der Waals surface area contributed by atoms with E-state index in [-0.39, 0.29) is 0 Å². The van der Waals surface area contributed by atoms with Crippen molar-refractivity contribution < 1.29 is 8.83 Å². The van der Waals surface area contributed by atoms with Gasteiger partial charge in [0, 0.05) is 38.5 Å². The number of furan rings is 2. The SMILES string of the molecule is c1ccc(-c2ccccc2-c2ccc(N(c3ccc4oc5ccccc5c4c3)c3cccc4c3oc3c(-c5ccccc5)cccc34)cc2)cc1. The lowest BCUT2D eigenvalue weighted by molar-refractivity contribution is 0.669. The summed E-state index contributed by atoms with van der Waals surface area (Å²) in [6, 6.07) is 66.1. The summed E-state index contributed by atoms with van der Waals surface area (Å²) in [5.41, 5.74) is 13.4. The fraction of sp³-hybridized carbons (Fsp3) is 0. The first-order valence-corrected chi connectivity index (χ1v) is 17.3. The van der Waals surface area contributed by atoms with E-state index < -0.39 is 0 Å². The molecule has 51 heavy (non-hydrogen) atoms. The van der Waals surface area contributed by atoms with Crippen LogP contribution in [0.1, 0.15) is 0 Å². The van der Waals surface area contributed by atoms with Gasteiger partial charge in [-0.25, -0.2) is 0 Å². The summed E-state index contributed by atoms with van der Waals surface area (Å²) in [5, 5.41) is 4.34. The van der Waals surface area contributed by atoms with Gasteiger partial charge in [-0.3, -0.25) is 0 Å². The van der Waals surface area contributed by atoms with Crippen molar-refractivity contribution in [1.82, 2.24) is 0 Å². The molecule has 8 aromatic carbocycles. The standard InChI is InChI=1S/C48H31NO2/c1-3-13-32(14-4-1)37-17-7-8-18-38(37)34-25-27-35(28-26-34)49(36-29-30-46-43(31-36)40-19-9-10-24-45(40)50-46)44-23-12-22-42-41-21-11-20-39(47(41)51-48(42)44)33-15-5-2-6-16-33/h1-31H. The Morgan fingerprint density at radius 3 is 1.59 bits per heavy atom. The van der Waals surface area contributed by atoms with Crippen LogP contribution in [0.2, 0.25) is 0 Å². The van der Waals surface area contributed by atoms with Gasteiger partial charge in [-0.15, -0.1) is 0 Å². The summed E-state index contributed by atoms with van der Waals surface area (Å²) < 4.78 is 13.2. The molecular weight excluding hydrogens is 623 g/mol. The normalized spacial score (nSPS) is 11.5. The lowest BCUT2D eigenvalue weighted by Gasteiger charge is -2.26. The molecule has 0 fully saturated rings. The van der Waals surface area contributed by atoms with Gasteiger partial charge in [-0.1, -0.05) is 146 Å². The zero-order valence-corrected chi connectivity index (χ0v) is 27.7. The van der Waals surface area contributed by atoms with Crippen molar-refractivity contribution >= 4 is 60.9 Å². The predicted molar refractivity (Wildman–Crippen MR) is 212 cm³/mol. The third-order valence-electron chi connectivity index (χ3n) is 9.90. The molecule has 0 atom stereocenters. The van der Waals surface area contributed by atoms with Gasteiger partial charge in [-0.2, -0.15) is 0 Å². The summed E-state index contributed by atoms with van der Waals surface area (Å²) in [6.45, 7) is 0. The Labute approximate surface area is 295 Å². The number of para-hydroxylation sites is 3. The molecule has 0 N–H and O–H groups in total. The first kappa shape index (κ1) is 29.1. The number of rotatable bonds is 6. The second kappa shape index (κ2) is 11.9. The average molecular weight is 654 g/mol. The average Bonchev–Trinajstić information content (AvgIpc) is 3.78. The molecule has 0 saturated heterocycles. The van der Waals surface area contributed by atoms with Crippen LogP contribution in [-0.2, 0) is 0 Å². The van der Waals surface area contributed by atoms with Crippen molar-refractivity contribution in [3.05, 3.63) is 188 Å². The van der Waals surface area contributed by atoms with E-state index in [2.05, 4.69) is 175 Å². The highest BCUT2D eigenvalue weighted by molar-refractivity contribution is 6.14. The zero-order chi connectivity index (χ0) is 33.7. The van der Waals surface area contributed by atoms with E-state index in [4.69, 9.17) is 8.83 Å². The van der Waals surface area contributed by atoms with Gasteiger partial charge in [0.25, 0.3) is 0 Å². The van der Waals surface area contributed by atoms with Gasteiger partial charge in [0.1, 0.15) is 16.7 Å². The van der Waals surface area contributed by atoms with Crippen LogP contribution in [0.5, 0.6) is 0 Å². The first-order valence-electron chi connectivity index (χ1n) is 17.3. The van der Waals surface area contributed by atoms with Crippen LogP contribution in [0.15, 0.2) is 197 Å². The monoisotopic (exact) mass is 653 g/mol. The molecule has 3 heteroatoms. The van der Waals surface area contributed by atoms with Crippen molar-refractivity contribution in [2.45, 2.75) is 0 Å². The Balaban J connectivity index is 1.18. The topological polar surface area (TPSA) is 29.5 Å². The van der Waals surface area contributed by atoms with Crippen LogP contribution in [-0.4, -0.2) is 0 Å². The fourth-order valence-corrected chi connectivity index (χ4v) is 7.50. The van der Waals surface area contributed by atoms with E-state index in [9.17, 15) is 0 Å². The largest absolute Gasteiger partial charge is 0.456 e. The molecule has 0 aliphatic rings. The van der Waals surface area contributed by atoms with Crippen molar-refractivity contribution in [2.75, 3.05) is 4.90 Å². The van der Waals surface area contributed by atoms with E-state index in [1.807, 2.05) is 18.2 Å². The molecule has 0 bridgehead atoms. The molecule has 2 aromatic heterocycles. The lowest BCUT2D eigenvalue weighted by atomic mass is 9.94. The number of hydrogen-bond acceptors (Lipinski definition) is 3. The maximum absolute atomic E-state index is 6.93. The second-order valence-electron chi connectivity index (χ2n) is 12.9. The molecule has 240 valence electrons. The van der Waals surface area contributed by atoms with Crippen molar-refractivity contribution in [3.8, 4) is 33.4 Å². The second-order valence-corrected chi connectivity index (χ2v) is 12.9. The summed E-state index contributed by atoms with van der Waals surface area (Å²) in [5.74, 6) is 0. The van der Waals surface area contributed by atoms with Crippen LogP contribution in [0.3, 0.4) is 0 Å². The minimum absolute atomic E-state index is 0.839. The van der Waals surface area contributed by atoms with Crippen molar-refractivity contribution in [3.63, 3.8) is 0 Å². The Morgan fingerprint density at radius 2 is 0.843 bits per heavy atom. The van der Waals surface area contributed by atoms with Gasteiger partial charge >= 0.3 is 0 Å². The van der Waals surface area contributed by atoms with E-state index >= 15 is 0 Å². The molecule has 0 spiro atoms. The van der Waals surface area contributed by atoms with Crippen LogP contribution in [0, 0.1) is 0 Å². The molecular formula is C48H31NO2. The minimum atomic E-state index is 0.839. The predicted octanol–water partition coefficient (Wildman–Crippen LogP) is 14.0. The Hall–Kier alpha value is -6.84. The van der Waals surface area contributed by atoms with E-state index in [0.717, 1.165) is 77.6 Å². The lowest BCUT2D eigenvalue weighted by Crippen LogP contribution is -2.10. The molecule has 10 aromatic rings. The van der Waals surface area contributed by atoms with Gasteiger partial charge in [0.2, 0.25) is 0 Å². The van der Waals surface area contributed by atoms with Gasteiger partial charge in [-0.05, 0) is 70.3 Å². The smallest absolute Gasteiger partial charge is 0.159 e. The Bertz CT molecular complexity index is 2850. The highest BCUT2D eigenvalue weighted by atomic mass is 16.3. The third kappa shape index (κ3) is 4.90. The van der Waals surface area contributed by atoms with Gasteiger partial charge in [0.15, 0.2) is 5.58 Å². The molecule has 0 saturated carbocycles. The van der Waals surface area contributed by atoms with Crippen molar-refractivity contribution in [1.29, 1.82) is 0 Å². The third-order valence-corrected chi connectivity index (χ3v) is 9.90. The quantitative estimate of drug-likeness (QED) is 0.179. The number of hydrogen-bond donors (Lipinski definition) is 0. The molecule has 0 unspecified atom stereocenters. The van der Waals surface area contributed by atoms with Gasteiger partial charge in [0.05, 0.1) is 5.69 Å². The maximum atomic E-state index is 6.93. The molecule has 0 amide bonds. The van der Waals surface area contributed by atoms with Crippen LogP contribution in [0.25, 0.3) is 77.3 Å². The van der Waals surface area contributed by atoms with Gasteiger partial charge < -0.3 is 13.7 Å². The number of benzene rings is 8. The maximum Gasteiger partial charge on any atom is 0.159 e. The summed E-state index contributed by atoms with van der Waals surface area (Å²) >= 11 is 0. The highest BCUT2D eigenvalue weighted by Crippen LogP contribution is 2.45. The van der Waals surface area contributed by atoms with Crippen LogP contribution < -0.4 is 4.90 Å². The van der Waals surface area contributed by atoms with Crippen LogP contribution in [0.4, 0.5) is 17.1 Å². The zero-order valence-electron chi connectivity index (χ0n) is 27.7. The molecule has 3 nitrogen and oxygen atoms in total. The molecule has 0 radical (unpaired) electrons. The van der Waals surface area contributed by atoms with Crippen molar-refractivity contribution in [2.24, 2.45) is 0 Å².